The molecule has 0 unspecified atom stereocenters. The molecular formula is C8H8ClKO3. The minimum Gasteiger partial charge on any atom is -1.00 e. The van der Waals surface area contributed by atoms with Gasteiger partial charge in [0.25, 0.3) is 0 Å². The molecule has 0 spiro atoms. The number of ether oxygens (including phenoxy) is 1. The molecule has 1 rings (SSSR count). The van der Waals surface area contributed by atoms with E-state index in [0.717, 1.165) is 0 Å². The Balaban J connectivity index is 0. The van der Waals surface area contributed by atoms with Crippen LogP contribution in [-0.2, 0) is 4.79 Å². The van der Waals surface area contributed by atoms with E-state index in [1.54, 1.807) is 24.3 Å². The maximum absolute atomic E-state index is 10.1. The van der Waals surface area contributed by atoms with Crippen molar-refractivity contribution < 1.29 is 67.4 Å². The molecule has 0 aliphatic rings. The predicted octanol–water partition coefficient (Wildman–Crippen LogP) is -1.08. The van der Waals surface area contributed by atoms with Crippen LogP contribution < -0.4 is 56.1 Å². The van der Waals surface area contributed by atoms with E-state index in [1.165, 1.54) is 0 Å². The molecule has 0 bridgehead atoms. The van der Waals surface area contributed by atoms with Crippen LogP contribution >= 0.6 is 11.6 Å². The summed E-state index contributed by atoms with van der Waals surface area (Å²) < 4.78 is 4.86. The van der Waals surface area contributed by atoms with Crippen LogP contribution in [0, 0.1) is 0 Å². The molecule has 0 aliphatic heterocycles. The van der Waals surface area contributed by atoms with Crippen LogP contribution in [0.4, 0.5) is 0 Å². The first-order chi connectivity index (χ1) is 5.68. The topological polar surface area (TPSA) is 46.5 Å². The van der Waals surface area contributed by atoms with Crippen LogP contribution in [0.25, 0.3) is 0 Å². The number of benzene rings is 1. The first-order valence-electron chi connectivity index (χ1n) is 3.28. The van der Waals surface area contributed by atoms with Crippen molar-refractivity contribution in [3.05, 3.63) is 29.3 Å². The van der Waals surface area contributed by atoms with Crippen molar-refractivity contribution in [2.24, 2.45) is 0 Å². The molecule has 5 heteroatoms. The van der Waals surface area contributed by atoms with E-state index in [4.69, 9.17) is 21.4 Å². The Bertz CT molecular complexity index is 278. The largest absolute Gasteiger partial charge is 1.00 e. The predicted molar refractivity (Wildman–Crippen MR) is 45.7 cm³/mol. The molecule has 1 aromatic carbocycles. The Morgan fingerprint density at radius 1 is 1.46 bits per heavy atom. The van der Waals surface area contributed by atoms with Gasteiger partial charge in [-0.15, -0.1) is 0 Å². The summed E-state index contributed by atoms with van der Waals surface area (Å²) in [6.45, 7) is -0.332. The van der Waals surface area contributed by atoms with E-state index in [9.17, 15) is 4.79 Å². The van der Waals surface area contributed by atoms with Crippen molar-refractivity contribution in [2.75, 3.05) is 6.61 Å². The van der Waals surface area contributed by atoms with Crippen LogP contribution in [0.3, 0.4) is 0 Å². The molecule has 0 radical (unpaired) electrons. The Morgan fingerprint density at radius 2 is 2.00 bits per heavy atom. The van der Waals surface area contributed by atoms with Crippen LogP contribution in [-0.4, -0.2) is 17.7 Å². The fraction of sp³-hybridized carbons (Fsp3) is 0.125. The number of hydrogen-bond acceptors (Lipinski definition) is 2. The average molecular weight is 227 g/mol. The fourth-order valence-electron chi connectivity index (χ4n) is 0.676. The summed E-state index contributed by atoms with van der Waals surface area (Å²) in [4.78, 5) is 10.1. The van der Waals surface area contributed by atoms with Gasteiger partial charge in [-0.05, 0) is 24.3 Å². The third kappa shape index (κ3) is 5.67. The van der Waals surface area contributed by atoms with Gasteiger partial charge in [-0.1, -0.05) is 11.6 Å². The Kier molecular flexibility index (Phi) is 7.03. The van der Waals surface area contributed by atoms with Crippen molar-refractivity contribution >= 4 is 17.6 Å². The summed E-state index contributed by atoms with van der Waals surface area (Å²) in [5.74, 6) is -0.494. The van der Waals surface area contributed by atoms with Crippen molar-refractivity contribution in [3.63, 3.8) is 0 Å². The SMILES string of the molecule is O=C(O)COc1ccc(Cl)cc1.[H-].[K+]. The van der Waals surface area contributed by atoms with Gasteiger partial charge in [-0.3, -0.25) is 0 Å². The van der Waals surface area contributed by atoms with E-state index < -0.39 is 5.97 Å². The van der Waals surface area contributed by atoms with Crippen molar-refractivity contribution in [3.8, 4) is 5.75 Å². The molecule has 0 heterocycles. The van der Waals surface area contributed by atoms with Gasteiger partial charge in [0.2, 0.25) is 0 Å². The van der Waals surface area contributed by atoms with Gasteiger partial charge < -0.3 is 11.3 Å². The maximum Gasteiger partial charge on any atom is 1.00 e. The molecule has 1 N–H and O–H groups in total. The number of aliphatic carboxylic acids is 1. The van der Waals surface area contributed by atoms with Gasteiger partial charge in [0, 0.05) is 5.02 Å². The van der Waals surface area contributed by atoms with Gasteiger partial charge in [0.1, 0.15) is 5.75 Å². The molecule has 13 heavy (non-hydrogen) atoms. The number of carboxylic acid groups (broad SMARTS) is 1. The molecule has 3 nitrogen and oxygen atoms in total. The zero-order valence-electron chi connectivity index (χ0n) is 8.16. The summed E-state index contributed by atoms with van der Waals surface area (Å²) in [5, 5.41) is 8.87. The Morgan fingerprint density at radius 3 is 2.46 bits per heavy atom. The fourth-order valence-corrected chi connectivity index (χ4v) is 0.802. The second-order valence-corrected chi connectivity index (χ2v) is 2.57. The molecule has 0 aliphatic carbocycles. The van der Waals surface area contributed by atoms with Crippen LogP contribution in [0.2, 0.25) is 5.02 Å². The van der Waals surface area contributed by atoms with Gasteiger partial charge >= 0.3 is 57.4 Å². The number of hydrogen-bond donors (Lipinski definition) is 1. The first kappa shape index (κ1) is 13.4. The molecular weight excluding hydrogens is 219 g/mol. The zero-order valence-corrected chi connectivity index (χ0v) is 11.0. The number of carbonyl (C=O) groups is 1. The number of rotatable bonds is 3. The second-order valence-electron chi connectivity index (χ2n) is 2.14. The summed E-state index contributed by atoms with van der Waals surface area (Å²) >= 11 is 5.60. The quantitative estimate of drug-likeness (QED) is 0.667. The van der Waals surface area contributed by atoms with Gasteiger partial charge in [0.15, 0.2) is 6.61 Å². The van der Waals surface area contributed by atoms with Crippen molar-refractivity contribution in [1.82, 2.24) is 0 Å². The summed E-state index contributed by atoms with van der Waals surface area (Å²) in [7, 11) is 0. The van der Waals surface area contributed by atoms with Crippen LogP contribution in [0.5, 0.6) is 5.75 Å². The molecule has 1 aromatic rings. The Hall–Kier alpha value is 0.416. The van der Waals surface area contributed by atoms with E-state index in [1.807, 2.05) is 0 Å². The van der Waals surface area contributed by atoms with Crippen molar-refractivity contribution in [1.29, 1.82) is 0 Å². The summed E-state index contributed by atoms with van der Waals surface area (Å²) in [5.41, 5.74) is 0. The molecule has 0 amide bonds. The van der Waals surface area contributed by atoms with E-state index in [0.29, 0.717) is 10.8 Å². The van der Waals surface area contributed by atoms with E-state index in [-0.39, 0.29) is 59.4 Å². The van der Waals surface area contributed by atoms with E-state index in [2.05, 4.69) is 0 Å². The summed E-state index contributed by atoms with van der Waals surface area (Å²) in [6.07, 6.45) is 0. The van der Waals surface area contributed by atoms with E-state index >= 15 is 0 Å². The van der Waals surface area contributed by atoms with Crippen molar-refractivity contribution in [2.45, 2.75) is 0 Å². The van der Waals surface area contributed by atoms with Gasteiger partial charge in [0.05, 0.1) is 0 Å². The minimum atomic E-state index is -0.995. The third-order valence-corrected chi connectivity index (χ3v) is 1.43. The van der Waals surface area contributed by atoms with Crippen LogP contribution in [0.1, 0.15) is 1.43 Å². The number of halogens is 1. The Labute approximate surface area is 125 Å². The maximum atomic E-state index is 10.1. The van der Waals surface area contributed by atoms with Gasteiger partial charge in [-0.2, -0.15) is 0 Å². The molecule has 0 fully saturated rings. The molecule has 0 atom stereocenters. The van der Waals surface area contributed by atoms with Crippen LogP contribution in [0.15, 0.2) is 24.3 Å². The average Bonchev–Trinajstić information content (AvgIpc) is 2.03. The summed E-state index contributed by atoms with van der Waals surface area (Å²) in [6, 6.07) is 6.51. The van der Waals surface area contributed by atoms with Gasteiger partial charge in [-0.25, -0.2) is 4.79 Å². The molecule has 66 valence electrons. The molecule has 0 saturated carbocycles. The minimum absolute atomic E-state index is 0. The monoisotopic (exact) mass is 226 g/mol. The number of carboxylic acids is 1. The second kappa shape index (κ2) is 6.81. The smallest absolute Gasteiger partial charge is 1.00 e. The third-order valence-electron chi connectivity index (χ3n) is 1.18. The molecule has 0 saturated heterocycles. The zero-order chi connectivity index (χ0) is 8.97. The molecule has 0 aromatic heterocycles. The first-order valence-corrected chi connectivity index (χ1v) is 3.66. The standard InChI is InChI=1S/C8H7ClO3.K.H/c9-6-1-3-7(4-2-6)12-5-8(10)11;;/h1-4H,5H2,(H,10,11);;/q;+1;-1. The normalized spacial score (nSPS) is 8.69.